The van der Waals surface area contributed by atoms with Gasteiger partial charge in [-0.15, -0.1) is 0 Å². The number of hydrazone groups is 1. The number of amides is 1. The maximum absolute atomic E-state index is 12.8. The molecule has 2 aliphatic heterocycles. The van der Waals surface area contributed by atoms with Gasteiger partial charge in [0.15, 0.2) is 17.3 Å². The molecule has 1 N–H and O–H groups in total. The summed E-state index contributed by atoms with van der Waals surface area (Å²) in [6.07, 6.45) is 2.69. The third-order valence-electron chi connectivity index (χ3n) is 6.77. The van der Waals surface area contributed by atoms with Crippen molar-refractivity contribution < 1.29 is 23.7 Å². The molecule has 0 radical (unpaired) electrons. The van der Waals surface area contributed by atoms with E-state index in [1.807, 2.05) is 42.5 Å². The lowest BCUT2D eigenvalue weighted by Gasteiger charge is -2.20. The van der Waals surface area contributed by atoms with Gasteiger partial charge in [0, 0.05) is 0 Å². The monoisotopic (exact) mass is 584 g/mol. The average molecular weight is 585 g/mol. The molecule has 216 valence electrons. The van der Waals surface area contributed by atoms with Crippen molar-refractivity contribution in [2.45, 2.75) is 26.2 Å². The molecule has 0 saturated heterocycles. The molecule has 0 aliphatic carbocycles. The number of methoxy groups -OCH3 is 1. The van der Waals surface area contributed by atoms with Crippen LogP contribution in [-0.2, 0) is 4.79 Å². The number of thioether (sulfide) groups is 1. The molecule has 3 aromatic rings. The number of benzene rings is 3. The van der Waals surface area contributed by atoms with Gasteiger partial charge in [-0.2, -0.15) is 15.1 Å². The molecule has 10 heteroatoms. The van der Waals surface area contributed by atoms with Crippen LogP contribution in [0, 0.1) is 5.41 Å². The maximum atomic E-state index is 12.8. The fraction of sp³-hybridized carbons (Fsp3) is 0.250. The summed E-state index contributed by atoms with van der Waals surface area (Å²) in [4.78, 5) is 17.0. The molecule has 0 fully saturated rings. The summed E-state index contributed by atoms with van der Waals surface area (Å²) in [7, 11) is 1.55. The number of fused-ring (bicyclic) bond motifs is 1. The second-order valence-corrected chi connectivity index (χ2v) is 10.6. The molecule has 2 heterocycles. The van der Waals surface area contributed by atoms with Crippen LogP contribution < -0.4 is 18.9 Å². The summed E-state index contributed by atoms with van der Waals surface area (Å²) in [6.45, 7) is 5.29. The van der Waals surface area contributed by atoms with Gasteiger partial charge < -0.3 is 18.9 Å². The number of hydrogen-bond acceptors (Lipinski definition) is 8. The molecular weight excluding hydrogens is 552 g/mol. The summed E-state index contributed by atoms with van der Waals surface area (Å²) < 4.78 is 23.0. The third kappa shape index (κ3) is 6.83. The number of nitrogens with one attached hydrogen (secondary N) is 1. The van der Waals surface area contributed by atoms with Crippen molar-refractivity contribution in [3.05, 3.63) is 89.5 Å². The summed E-state index contributed by atoms with van der Waals surface area (Å²) >= 11 is 1.21. The van der Waals surface area contributed by atoms with Gasteiger partial charge in [-0.25, -0.2) is 0 Å². The molecule has 0 aromatic heterocycles. The van der Waals surface area contributed by atoms with Crippen molar-refractivity contribution in [3.63, 3.8) is 0 Å². The van der Waals surface area contributed by atoms with Crippen LogP contribution in [0.2, 0.25) is 0 Å². The number of carbonyl (C=O) groups excluding carboxylic acids is 1. The Morgan fingerprint density at radius 2 is 1.69 bits per heavy atom. The lowest BCUT2D eigenvalue weighted by atomic mass is 9.99. The molecule has 1 atom stereocenters. The average Bonchev–Trinajstić information content (AvgIpc) is 3.44. The zero-order chi connectivity index (χ0) is 29.5. The second-order valence-electron chi connectivity index (χ2n) is 9.60. The van der Waals surface area contributed by atoms with Gasteiger partial charge in [-0.1, -0.05) is 50.2 Å². The minimum atomic E-state index is -0.507. The Balaban J connectivity index is 1.19. The van der Waals surface area contributed by atoms with Gasteiger partial charge in [-0.05, 0) is 77.7 Å². The standard InChI is InChI=1S/C32H32N4O5S/c1-4-21(2)23-11-13-25(14-12-23)39-16-17-40-27-15-10-22(19-28(27)38-3)18-26-30(33)36-32(34-31(26)37)42-29(35-36)20-41-24-8-6-5-7-9-24/h5-15,18-19,21,33H,4,16-17,20H2,1-3H3/b26-18+,33-30?/t21-/m1/s1. The van der Waals surface area contributed by atoms with Crippen LogP contribution in [-0.4, -0.2) is 53.9 Å². The summed E-state index contributed by atoms with van der Waals surface area (Å²) in [5.74, 6) is 2.50. The molecule has 3 aromatic carbocycles. The smallest absolute Gasteiger partial charge is 0.283 e. The fourth-order valence-corrected chi connectivity index (χ4v) is 5.05. The van der Waals surface area contributed by atoms with Crippen molar-refractivity contribution in [1.82, 2.24) is 5.01 Å². The Labute approximate surface area is 249 Å². The number of amidine groups is 2. The summed E-state index contributed by atoms with van der Waals surface area (Å²) in [5, 5.41) is 15.4. The highest BCUT2D eigenvalue weighted by Gasteiger charge is 2.35. The summed E-state index contributed by atoms with van der Waals surface area (Å²) in [5.41, 5.74) is 2.08. The van der Waals surface area contributed by atoms with E-state index in [4.69, 9.17) is 24.4 Å². The van der Waals surface area contributed by atoms with Gasteiger partial charge in [0.1, 0.15) is 36.4 Å². The van der Waals surface area contributed by atoms with Crippen LogP contribution in [0.4, 0.5) is 0 Å². The van der Waals surface area contributed by atoms with Crippen molar-refractivity contribution in [2.75, 3.05) is 26.9 Å². The van der Waals surface area contributed by atoms with E-state index in [0.29, 0.717) is 52.2 Å². The summed E-state index contributed by atoms with van der Waals surface area (Å²) in [6, 6.07) is 22.8. The van der Waals surface area contributed by atoms with Crippen LogP contribution in [0.1, 0.15) is 37.3 Å². The SMILES string of the molecule is CC[C@@H](C)c1ccc(OCCOc2ccc(/C=C3\C(=N)N4N=C(COc5ccccc5)SC4=NC3=O)cc2OC)cc1. The van der Waals surface area contributed by atoms with Crippen LogP contribution in [0.3, 0.4) is 0 Å². The highest BCUT2D eigenvalue weighted by molar-refractivity contribution is 8.27. The molecule has 0 unspecified atom stereocenters. The van der Waals surface area contributed by atoms with E-state index >= 15 is 0 Å². The van der Waals surface area contributed by atoms with E-state index in [1.54, 1.807) is 31.4 Å². The molecule has 5 rings (SSSR count). The van der Waals surface area contributed by atoms with Crippen LogP contribution in [0.15, 0.2) is 88.5 Å². The fourth-order valence-electron chi connectivity index (χ4n) is 4.25. The number of hydrogen-bond donors (Lipinski definition) is 1. The van der Waals surface area contributed by atoms with E-state index in [1.165, 1.54) is 22.3 Å². The molecule has 42 heavy (non-hydrogen) atoms. The molecule has 0 saturated carbocycles. The Bertz CT molecular complexity index is 1540. The van der Waals surface area contributed by atoms with E-state index in [9.17, 15) is 4.79 Å². The largest absolute Gasteiger partial charge is 0.493 e. The van der Waals surface area contributed by atoms with Gasteiger partial charge in [0.25, 0.3) is 5.91 Å². The van der Waals surface area contributed by atoms with Crippen molar-refractivity contribution >= 4 is 39.8 Å². The van der Waals surface area contributed by atoms with Crippen LogP contribution >= 0.6 is 11.8 Å². The zero-order valence-electron chi connectivity index (χ0n) is 23.7. The quantitative estimate of drug-likeness (QED) is 0.195. The Kier molecular flexibility index (Phi) is 9.23. The molecular formula is C32H32N4O5S. The minimum absolute atomic E-state index is 0.0548. The normalized spacial score (nSPS) is 16.1. The lowest BCUT2D eigenvalue weighted by Crippen LogP contribution is -2.35. The van der Waals surface area contributed by atoms with E-state index in [-0.39, 0.29) is 18.0 Å². The first-order valence-corrected chi connectivity index (χ1v) is 14.5. The predicted molar refractivity (Wildman–Crippen MR) is 166 cm³/mol. The molecule has 9 nitrogen and oxygen atoms in total. The first kappa shape index (κ1) is 28.9. The number of para-hydroxylation sites is 1. The molecule has 0 spiro atoms. The predicted octanol–water partition coefficient (Wildman–Crippen LogP) is 6.36. The zero-order valence-corrected chi connectivity index (χ0v) is 24.5. The molecule has 0 bridgehead atoms. The lowest BCUT2D eigenvalue weighted by molar-refractivity contribution is -0.114. The first-order chi connectivity index (χ1) is 20.4. The van der Waals surface area contributed by atoms with Gasteiger partial charge >= 0.3 is 0 Å². The van der Waals surface area contributed by atoms with E-state index in [2.05, 4.69) is 36.1 Å². The highest BCUT2D eigenvalue weighted by atomic mass is 32.2. The van der Waals surface area contributed by atoms with Crippen LogP contribution in [0.25, 0.3) is 6.08 Å². The minimum Gasteiger partial charge on any atom is -0.493 e. The number of carbonyl (C=O) groups is 1. The number of nitrogens with zero attached hydrogens (tertiary/aromatic N) is 3. The van der Waals surface area contributed by atoms with Crippen molar-refractivity contribution in [3.8, 4) is 23.0 Å². The topological polar surface area (TPSA) is 106 Å². The van der Waals surface area contributed by atoms with Gasteiger partial charge in [0.2, 0.25) is 5.17 Å². The number of ether oxygens (including phenoxy) is 4. The Morgan fingerprint density at radius 3 is 2.43 bits per heavy atom. The van der Waals surface area contributed by atoms with Gasteiger partial charge in [0.05, 0.1) is 12.7 Å². The first-order valence-electron chi connectivity index (χ1n) is 13.7. The Hall–Kier alpha value is -4.57. The van der Waals surface area contributed by atoms with E-state index < -0.39 is 5.91 Å². The van der Waals surface area contributed by atoms with Crippen molar-refractivity contribution in [1.29, 1.82) is 5.41 Å². The molecule has 2 aliphatic rings. The van der Waals surface area contributed by atoms with Crippen molar-refractivity contribution in [2.24, 2.45) is 10.1 Å². The third-order valence-corrected chi connectivity index (χ3v) is 7.65. The van der Waals surface area contributed by atoms with Crippen LogP contribution in [0.5, 0.6) is 23.0 Å². The highest BCUT2D eigenvalue weighted by Crippen LogP contribution is 2.32. The number of aliphatic imine (C=N–C) groups is 1. The molecule has 1 amide bonds. The van der Waals surface area contributed by atoms with E-state index in [0.717, 1.165) is 12.2 Å². The maximum Gasteiger partial charge on any atom is 0.283 e. The second kappa shape index (κ2) is 13.4. The number of rotatable bonds is 12. The van der Waals surface area contributed by atoms with Gasteiger partial charge in [-0.3, -0.25) is 10.2 Å². The Morgan fingerprint density at radius 1 is 0.952 bits per heavy atom.